The van der Waals surface area contributed by atoms with Crippen LogP contribution in [0.25, 0.3) is 0 Å². The van der Waals surface area contributed by atoms with Gasteiger partial charge in [-0.25, -0.2) is 0 Å². The number of nitro groups is 1. The number of nitro benzene ring substituents is 1. The molecule has 9 heteroatoms. The Morgan fingerprint density at radius 3 is 2.42 bits per heavy atom. The van der Waals surface area contributed by atoms with Crippen molar-refractivity contribution in [3.63, 3.8) is 0 Å². The molecule has 1 saturated heterocycles. The van der Waals surface area contributed by atoms with Crippen molar-refractivity contribution in [1.82, 2.24) is 4.90 Å². The van der Waals surface area contributed by atoms with E-state index in [2.05, 4.69) is 39.5 Å². The molecule has 0 bridgehead atoms. The maximum atomic E-state index is 12.6. The van der Waals surface area contributed by atoms with Gasteiger partial charge in [-0.1, -0.05) is 6.92 Å². The van der Waals surface area contributed by atoms with Crippen molar-refractivity contribution in [2.24, 2.45) is 0 Å². The number of hydrogen-bond acceptors (Lipinski definition) is 7. The molecular formula is C22H29N5O4. The average Bonchev–Trinajstić information content (AvgIpc) is 2.79. The van der Waals surface area contributed by atoms with Crippen LogP contribution in [0.5, 0.6) is 5.75 Å². The van der Waals surface area contributed by atoms with E-state index in [0.717, 1.165) is 38.4 Å². The number of amides is 1. The summed E-state index contributed by atoms with van der Waals surface area (Å²) in [7, 11) is 1.40. The summed E-state index contributed by atoms with van der Waals surface area (Å²) in [6.07, 6.45) is 0. The first kappa shape index (κ1) is 22.4. The molecule has 1 atom stereocenters. The second-order valence-corrected chi connectivity index (χ2v) is 7.47. The van der Waals surface area contributed by atoms with Crippen molar-refractivity contribution in [3.05, 3.63) is 52.6 Å². The fourth-order valence-corrected chi connectivity index (χ4v) is 3.54. The van der Waals surface area contributed by atoms with Gasteiger partial charge in [0.2, 0.25) is 5.91 Å². The monoisotopic (exact) mass is 427 g/mol. The molecule has 2 aromatic rings. The number of hydrogen-bond donors (Lipinski definition) is 2. The summed E-state index contributed by atoms with van der Waals surface area (Å²) < 4.78 is 5.17. The molecule has 2 N–H and O–H groups in total. The lowest BCUT2D eigenvalue weighted by Gasteiger charge is -2.35. The number of anilines is 3. The molecule has 1 heterocycles. The third kappa shape index (κ3) is 5.64. The van der Waals surface area contributed by atoms with Crippen molar-refractivity contribution in [3.8, 4) is 5.75 Å². The van der Waals surface area contributed by atoms with Gasteiger partial charge < -0.3 is 25.2 Å². The summed E-state index contributed by atoms with van der Waals surface area (Å²) in [6, 6.07) is 11.6. The van der Waals surface area contributed by atoms with Gasteiger partial charge in [-0.15, -0.1) is 0 Å². The molecule has 3 rings (SSSR count). The summed E-state index contributed by atoms with van der Waals surface area (Å²) in [4.78, 5) is 27.8. The normalized spacial score (nSPS) is 15.3. The van der Waals surface area contributed by atoms with Gasteiger partial charge in [-0.2, -0.15) is 0 Å². The molecule has 1 fully saturated rings. The topological polar surface area (TPSA) is 100.0 Å². The predicted molar refractivity (Wildman–Crippen MR) is 122 cm³/mol. The van der Waals surface area contributed by atoms with Crippen LogP contribution in [0.2, 0.25) is 0 Å². The fraction of sp³-hybridized carbons (Fsp3) is 0.409. The van der Waals surface area contributed by atoms with E-state index in [4.69, 9.17) is 4.74 Å². The molecule has 166 valence electrons. The zero-order valence-corrected chi connectivity index (χ0v) is 18.1. The van der Waals surface area contributed by atoms with E-state index < -0.39 is 11.0 Å². The number of ether oxygens (including phenoxy) is 1. The largest absolute Gasteiger partial charge is 0.494 e. The molecule has 9 nitrogen and oxygen atoms in total. The highest BCUT2D eigenvalue weighted by Crippen LogP contribution is 2.29. The van der Waals surface area contributed by atoms with Gasteiger partial charge in [0.1, 0.15) is 11.8 Å². The molecule has 2 aromatic carbocycles. The van der Waals surface area contributed by atoms with E-state index in [9.17, 15) is 14.9 Å². The molecule has 0 radical (unpaired) electrons. The first-order chi connectivity index (χ1) is 14.9. The number of likely N-dealkylation sites (N-methyl/N-ethyl adjacent to an activating group) is 1. The molecule has 1 aliphatic heterocycles. The molecule has 31 heavy (non-hydrogen) atoms. The minimum Gasteiger partial charge on any atom is -0.494 e. The van der Waals surface area contributed by atoms with Crippen LogP contribution in [0.1, 0.15) is 13.8 Å². The number of piperazine rings is 1. The lowest BCUT2D eigenvalue weighted by atomic mass is 10.2. The number of nitrogens with one attached hydrogen (secondary N) is 2. The third-order valence-corrected chi connectivity index (χ3v) is 5.48. The summed E-state index contributed by atoms with van der Waals surface area (Å²) in [5.41, 5.74) is 2.30. The molecule has 0 unspecified atom stereocenters. The maximum Gasteiger partial charge on any atom is 0.273 e. The minimum atomic E-state index is -0.515. The number of carbonyl (C=O) groups excluding carboxylic acids is 1. The Hall–Kier alpha value is -3.33. The Bertz CT molecular complexity index is 911. The summed E-state index contributed by atoms with van der Waals surface area (Å²) in [6.45, 7) is 9.19. The molecule has 0 saturated carbocycles. The first-order valence-electron chi connectivity index (χ1n) is 10.4. The number of benzene rings is 2. The summed E-state index contributed by atoms with van der Waals surface area (Å²) in [5.74, 6) is -0.0332. The lowest BCUT2D eigenvalue weighted by molar-refractivity contribution is -0.384. The highest BCUT2D eigenvalue weighted by molar-refractivity contribution is 5.97. The molecule has 0 aliphatic carbocycles. The van der Waals surface area contributed by atoms with Crippen LogP contribution in [-0.2, 0) is 4.79 Å². The van der Waals surface area contributed by atoms with Crippen molar-refractivity contribution >= 4 is 28.7 Å². The van der Waals surface area contributed by atoms with E-state index in [-0.39, 0.29) is 17.3 Å². The zero-order valence-electron chi connectivity index (χ0n) is 18.1. The van der Waals surface area contributed by atoms with E-state index in [1.807, 2.05) is 12.1 Å². The van der Waals surface area contributed by atoms with E-state index >= 15 is 0 Å². The number of carbonyl (C=O) groups is 1. The second-order valence-electron chi connectivity index (χ2n) is 7.47. The molecule has 0 spiro atoms. The van der Waals surface area contributed by atoms with E-state index in [0.29, 0.717) is 5.69 Å². The van der Waals surface area contributed by atoms with Crippen LogP contribution >= 0.6 is 0 Å². The number of methoxy groups -OCH3 is 1. The fourth-order valence-electron chi connectivity index (χ4n) is 3.54. The van der Waals surface area contributed by atoms with Crippen molar-refractivity contribution in [2.45, 2.75) is 19.9 Å². The van der Waals surface area contributed by atoms with Gasteiger partial charge in [-0.3, -0.25) is 14.9 Å². The highest BCUT2D eigenvalue weighted by atomic mass is 16.6. The Morgan fingerprint density at radius 2 is 1.84 bits per heavy atom. The van der Waals surface area contributed by atoms with Gasteiger partial charge >= 0.3 is 0 Å². The third-order valence-electron chi connectivity index (χ3n) is 5.48. The van der Waals surface area contributed by atoms with Gasteiger partial charge in [0, 0.05) is 43.6 Å². The van der Waals surface area contributed by atoms with Crippen LogP contribution < -0.4 is 20.3 Å². The minimum absolute atomic E-state index is 0.0998. The van der Waals surface area contributed by atoms with Crippen molar-refractivity contribution < 1.29 is 14.5 Å². The van der Waals surface area contributed by atoms with E-state index in [1.165, 1.54) is 31.0 Å². The standard InChI is InChI=1S/C22H29N5O4/c1-4-25-11-13-26(14-12-25)18-7-5-17(6-8-18)23-16(2)22(28)24-20-10-9-19(27(29)30)15-21(20)31-3/h5-10,15-16,23H,4,11-14H2,1-3H3,(H,24,28)/t16-/m1/s1. The first-order valence-corrected chi connectivity index (χ1v) is 10.4. The summed E-state index contributed by atoms with van der Waals surface area (Å²) in [5, 5.41) is 16.9. The quantitative estimate of drug-likeness (QED) is 0.493. The van der Waals surface area contributed by atoms with Crippen molar-refractivity contribution in [1.29, 1.82) is 0 Å². The molecule has 1 amide bonds. The van der Waals surface area contributed by atoms with Gasteiger partial charge in [0.05, 0.1) is 23.8 Å². The summed E-state index contributed by atoms with van der Waals surface area (Å²) >= 11 is 0. The number of nitrogens with zero attached hydrogens (tertiary/aromatic N) is 3. The Kier molecular flexibility index (Phi) is 7.30. The van der Waals surface area contributed by atoms with Gasteiger partial charge in [0.25, 0.3) is 5.69 Å². The van der Waals surface area contributed by atoms with Crippen molar-refractivity contribution in [2.75, 3.05) is 55.4 Å². The van der Waals surface area contributed by atoms with Crippen LogP contribution in [0.15, 0.2) is 42.5 Å². The van der Waals surface area contributed by atoms with Gasteiger partial charge in [-0.05, 0) is 43.8 Å². The maximum absolute atomic E-state index is 12.6. The molecular weight excluding hydrogens is 398 g/mol. The predicted octanol–water partition coefficient (Wildman–Crippen LogP) is 3.18. The number of rotatable bonds is 8. The SMILES string of the molecule is CCN1CCN(c2ccc(N[C@H](C)C(=O)Nc3ccc([N+](=O)[O-])cc3OC)cc2)CC1. The molecule has 0 aromatic heterocycles. The molecule has 1 aliphatic rings. The Labute approximate surface area is 182 Å². The van der Waals surface area contributed by atoms with Crippen LogP contribution in [0.3, 0.4) is 0 Å². The average molecular weight is 428 g/mol. The zero-order chi connectivity index (χ0) is 22.4. The lowest BCUT2D eigenvalue weighted by Crippen LogP contribution is -2.46. The van der Waals surface area contributed by atoms with Crippen LogP contribution in [0, 0.1) is 10.1 Å². The second kappa shape index (κ2) is 10.1. The number of non-ortho nitro benzene ring substituents is 1. The Balaban J connectivity index is 1.58. The highest BCUT2D eigenvalue weighted by Gasteiger charge is 2.18. The van der Waals surface area contributed by atoms with E-state index in [1.54, 1.807) is 6.92 Å². The van der Waals surface area contributed by atoms with Crippen LogP contribution in [-0.4, -0.2) is 61.6 Å². The smallest absolute Gasteiger partial charge is 0.273 e. The van der Waals surface area contributed by atoms with Gasteiger partial charge in [0.15, 0.2) is 0 Å². The van der Waals surface area contributed by atoms with Crippen LogP contribution in [0.4, 0.5) is 22.7 Å². The Morgan fingerprint density at radius 1 is 1.16 bits per heavy atom.